The normalized spacial score (nSPS) is 18.9. The Kier molecular flexibility index (Phi) is 7.20. The van der Waals surface area contributed by atoms with E-state index in [4.69, 9.17) is 4.98 Å². The predicted octanol–water partition coefficient (Wildman–Crippen LogP) is 4.52. The number of hydrogen-bond donors (Lipinski definition) is 4. The number of piperidine rings is 1. The average molecular weight is 547 g/mol. The second-order valence-corrected chi connectivity index (χ2v) is 10.7. The second kappa shape index (κ2) is 10.9. The fraction of sp³-hybridized carbons (Fsp3) is 0.367. The summed E-state index contributed by atoms with van der Waals surface area (Å²) in [6.45, 7) is 4.27. The summed E-state index contributed by atoms with van der Waals surface area (Å²) in [6.07, 6.45) is 5.75. The second-order valence-electron chi connectivity index (χ2n) is 10.7. The molecule has 4 N–H and O–H groups in total. The number of nitrogens with zero attached hydrogens (tertiary/aromatic N) is 3. The molecular formula is C30H32F2N6O2. The minimum absolute atomic E-state index is 0.107. The Hall–Kier alpha value is -3.89. The highest BCUT2D eigenvalue weighted by atomic mass is 19.1. The third-order valence-corrected chi connectivity index (χ3v) is 7.71. The van der Waals surface area contributed by atoms with Crippen molar-refractivity contribution in [3.05, 3.63) is 70.8 Å². The molecule has 8 nitrogen and oxygen atoms in total. The number of anilines is 3. The lowest BCUT2D eigenvalue weighted by Gasteiger charge is -2.33. The van der Waals surface area contributed by atoms with Gasteiger partial charge in [-0.2, -0.15) is 4.98 Å². The van der Waals surface area contributed by atoms with Gasteiger partial charge in [0, 0.05) is 29.3 Å². The van der Waals surface area contributed by atoms with E-state index >= 15 is 8.78 Å². The molecule has 0 bridgehead atoms. The Labute approximate surface area is 231 Å². The number of benzene rings is 2. The van der Waals surface area contributed by atoms with Crippen LogP contribution in [0.15, 0.2) is 42.5 Å². The van der Waals surface area contributed by atoms with Gasteiger partial charge in [-0.3, -0.25) is 9.69 Å². The molecule has 2 aliphatic heterocycles. The van der Waals surface area contributed by atoms with Crippen molar-refractivity contribution in [3.63, 3.8) is 0 Å². The molecule has 2 aromatic carbocycles. The van der Waals surface area contributed by atoms with Crippen molar-refractivity contribution in [2.75, 3.05) is 29.9 Å². The molecule has 1 aromatic heterocycles. The molecule has 1 aliphatic carbocycles. The summed E-state index contributed by atoms with van der Waals surface area (Å²) in [6, 6.07) is 9.12. The maximum atomic E-state index is 15.0. The van der Waals surface area contributed by atoms with Crippen molar-refractivity contribution in [2.24, 2.45) is 5.92 Å². The van der Waals surface area contributed by atoms with E-state index in [2.05, 4.69) is 20.9 Å². The van der Waals surface area contributed by atoms with Gasteiger partial charge < -0.3 is 21.1 Å². The number of rotatable bonds is 7. The Morgan fingerprint density at radius 2 is 1.85 bits per heavy atom. The van der Waals surface area contributed by atoms with Crippen LogP contribution in [0, 0.1) is 24.5 Å². The first-order chi connectivity index (χ1) is 19.4. The van der Waals surface area contributed by atoms with E-state index in [9.17, 15) is 9.90 Å². The zero-order valence-corrected chi connectivity index (χ0v) is 22.3. The monoisotopic (exact) mass is 546 g/mol. The van der Waals surface area contributed by atoms with Crippen molar-refractivity contribution in [3.8, 4) is 11.3 Å². The first-order valence-corrected chi connectivity index (χ1v) is 13.8. The van der Waals surface area contributed by atoms with Crippen molar-refractivity contribution < 1.29 is 18.7 Å². The van der Waals surface area contributed by atoms with Crippen LogP contribution in [0.4, 0.5) is 26.2 Å². The van der Waals surface area contributed by atoms with Crippen LogP contribution < -0.4 is 20.9 Å². The number of nitrogens with one attached hydrogen (secondary N) is 3. The summed E-state index contributed by atoms with van der Waals surface area (Å²) < 4.78 is 30.0. The maximum Gasteiger partial charge on any atom is 0.251 e. The van der Waals surface area contributed by atoms with Crippen LogP contribution in [0.3, 0.4) is 0 Å². The average Bonchev–Trinajstić information content (AvgIpc) is 3.78. The zero-order valence-electron chi connectivity index (χ0n) is 22.3. The van der Waals surface area contributed by atoms with Gasteiger partial charge in [-0.05, 0) is 93.6 Å². The lowest BCUT2D eigenvalue weighted by molar-refractivity contribution is 0.0952. The lowest BCUT2D eigenvalue weighted by atomic mass is 9.96. The van der Waals surface area contributed by atoms with Gasteiger partial charge in [-0.15, -0.1) is 0 Å². The molecule has 1 amide bonds. The van der Waals surface area contributed by atoms with E-state index in [1.165, 1.54) is 12.1 Å². The first kappa shape index (κ1) is 26.3. The summed E-state index contributed by atoms with van der Waals surface area (Å²) in [5.74, 6) is -0.799. The molecule has 0 radical (unpaired) electrons. The van der Waals surface area contributed by atoms with Gasteiger partial charge in [-0.25, -0.2) is 13.8 Å². The molecule has 1 atom stereocenters. The number of fused-ring (bicyclic) bond motifs is 1. The molecule has 1 saturated carbocycles. The van der Waals surface area contributed by atoms with Crippen LogP contribution in [0.1, 0.15) is 47.2 Å². The number of amides is 1. The van der Waals surface area contributed by atoms with Gasteiger partial charge in [0.05, 0.1) is 5.69 Å². The number of aliphatic hydroxyl groups is 1. The van der Waals surface area contributed by atoms with Crippen LogP contribution >= 0.6 is 0 Å². The number of para-hydroxylation sites is 1. The SMILES string of the molecule is Cc1ccc(C(=O)NCC2CC2)cc1-c1nc(NC2CCNCC2)nc2c1C=CC(O)N2c1c(F)cccc1F. The van der Waals surface area contributed by atoms with Crippen molar-refractivity contribution in [1.82, 2.24) is 20.6 Å². The van der Waals surface area contributed by atoms with Gasteiger partial charge in [0.15, 0.2) is 6.23 Å². The highest BCUT2D eigenvalue weighted by Gasteiger charge is 2.32. The van der Waals surface area contributed by atoms with Crippen LogP contribution in [0.5, 0.6) is 0 Å². The minimum Gasteiger partial charge on any atom is -0.369 e. The molecular weight excluding hydrogens is 514 g/mol. The van der Waals surface area contributed by atoms with Crippen molar-refractivity contribution >= 4 is 29.4 Å². The summed E-state index contributed by atoms with van der Waals surface area (Å²) >= 11 is 0. The van der Waals surface area contributed by atoms with Gasteiger partial charge >= 0.3 is 0 Å². The molecule has 6 rings (SSSR count). The van der Waals surface area contributed by atoms with Gasteiger partial charge in [0.1, 0.15) is 23.1 Å². The Morgan fingerprint density at radius 1 is 1.10 bits per heavy atom. The van der Waals surface area contributed by atoms with Crippen LogP contribution in [-0.4, -0.2) is 52.9 Å². The summed E-state index contributed by atoms with van der Waals surface area (Å²) in [5, 5.41) is 20.7. The Bertz CT molecular complexity index is 1450. The largest absolute Gasteiger partial charge is 0.369 e. The molecule has 0 spiro atoms. The number of carbonyl (C=O) groups is 1. The molecule has 208 valence electrons. The van der Waals surface area contributed by atoms with E-state index < -0.39 is 23.5 Å². The number of halogens is 2. The topological polar surface area (TPSA) is 102 Å². The molecule has 2 fully saturated rings. The number of hydrogen-bond acceptors (Lipinski definition) is 7. The molecule has 10 heteroatoms. The van der Waals surface area contributed by atoms with E-state index in [1.807, 2.05) is 13.0 Å². The molecule has 1 unspecified atom stereocenters. The van der Waals surface area contributed by atoms with Gasteiger partial charge in [0.2, 0.25) is 5.95 Å². The molecule has 3 aromatic rings. The Balaban J connectivity index is 1.48. The number of aryl methyl sites for hydroxylation is 1. The van der Waals surface area contributed by atoms with Crippen LogP contribution in [0.25, 0.3) is 17.3 Å². The highest BCUT2D eigenvalue weighted by molar-refractivity contribution is 5.96. The van der Waals surface area contributed by atoms with E-state index in [-0.39, 0.29) is 23.7 Å². The summed E-state index contributed by atoms with van der Waals surface area (Å²) in [5.41, 5.74) is 2.65. The minimum atomic E-state index is -1.35. The first-order valence-electron chi connectivity index (χ1n) is 13.8. The number of carbonyl (C=O) groups excluding carboxylic acids is 1. The van der Waals surface area contributed by atoms with Crippen molar-refractivity contribution in [1.29, 1.82) is 0 Å². The highest BCUT2D eigenvalue weighted by Crippen LogP contribution is 2.41. The van der Waals surface area contributed by atoms with E-state index in [0.29, 0.717) is 34.8 Å². The van der Waals surface area contributed by atoms with Crippen LogP contribution in [-0.2, 0) is 0 Å². The molecule has 1 saturated heterocycles. The standard InChI is InChI=1S/C30H32F2N6O2/c1-17-5-8-19(29(40)34-16-18-6-7-18)15-22(17)26-21-9-10-25(39)38(27-23(31)3-2-4-24(27)32)28(21)37-30(36-26)35-20-11-13-33-14-12-20/h2-5,8-10,15,18,20,25,33,39H,6-7,11-14,16H2,1H3,(H,34,40)(H,35,36,37). The van der Waals surface area contributed by atoms with Gasteiger partial charge in [-0.1, -0.05) is 12.1 Å². The lowest BCUT2D eigenvalue weighted by Crippen LogP contribution is -2.37. The smallest absolute Gasteiger partial charge is 0.251 e. The summed E-state index contributed by atoms with van der Waals surface area (Å²) in [4.78, 5) is 23.7. The van der Waals surface area contributed by atoms with E-state index in [0.717, 1.165) is 61.4 Å². The van der Waals surface area contributed by atoms with Crippen molar-refractivity contribution in [2.45, 2.75) is 44.9 Å². The molecule has 3 heterocycles. The zero-order chi connectivity index (χ0) is 27.8. The number of aromatic nitrogens is 2. The summed E-state index contributed by atoms with van der Waals surface area (Å²) in [7, 11) is 0. The van der Waals surface area contributed by atoms with Crippen LogP contribution in [0.2, 0.25) is 0 Å². The molecule has 3 aliphatic rings. The third-order valence-electron chi connectivity index (χ3n) is 7.71. The van der Waals surface area contributed by atoms with Gasteiger partial charge in [0.25, 0.3) is 5.91 Å². The quantitative estimate of drug-likeness (QED) is 0.346. The number of aliphatic hydroxyl groups excluding tert-OH is 1. The van der Waals surface area contributed by atoms with E-state index in [1.54, 1.807) is 18.2 Å². The fourth-order valence-electron chi connectivity index (χ4n) is 5.24. The third kappa shape index (κ3) is 5.29. The molecule has 40 heavy (non-hydrogen) atoms. The maximum absolute atomic E-state index is 15.0. The Morgan fingerprint density at radius 3 is 2.58 bits per heavy atom. The fourth-order valence-corrected chi connectivity index (χ4v) is 5.24. The predicted molar refractivity (Wildman–Crippen MR) is 150 cm³/mol.